The number of halogens is 2. The zero-order chi connectivity index (χ0) is 17.8. The van der Waals surface area contributed by atoms with E-state index in [1.54, 1.807) is 12.1 Å². The van der Waals surface area contributed by atoms with Crippen LogP contribution < -0.4 is 4.90 Å². The van der Waals surface area contributed by atoms with Gasteiger partial charge in [-0.3, -0.25) is 0 Å². The molecule has 1 aliphatic heterocycles. The van der Waals surface area contributed by atoms with Gasteiger partial charge in [-0.25, -0.2) is 9.18 Å². The van der Waals surface area contributed by atoms with Crippen LogP contribution in [0.4, 0.5) is 14.9 Å². The molecule has 0 bridgehead atoms. The average molecular weight is 363 g/mol. The Hall–Kier alpha value is -2.27. The molecular weight excluding hydrogens is 343 g/mol. The summed E-state index contributed by atoms with van der Waals surface area (Å²) in [7, 11) is 0. The van der Waals surface area contributed by atoms with Gasteiger partial charge in [0, 0.05) is 36.4 Å². The predicted molar refractivity (Wildman–Crippen MR) is 96.7 cm³/mol. The van der Waals surface area contributed by atoms with Crippen molar-refractivity contribution in [1.29, 1.82) is 0 Å². The zero-order valence-electron chi connectivity index (χ0n) is 13.7. The lowest BCUT2D eigenvalue weighted by atomic mass is 10.0. The summed E-state index contributed by atoms with van der Waals surface area (Å²) in [6.07, 6.45) is 0.624. The van der Waals surface area contributed by atoms with Gasteiger partial charge >= 0.3 is 6.09 Å². The summed E-state index contributed by atoms with van der Waals surface area (Å²) < 4.78 is 13.3. The number of carboxylic acid groups (broad SMARTS) is 1. The van der Waals surface area contributed by atoms with E-state index in [-0.39, 0.29) is 11.9 Å². The van der Waals surface area contributed by atoms with E-state index in [0.29, 0.717) is 24.7 Å². The molecule has 1 fully saturated rings. The molecule has 2 aromatic carbocycles. The van der Waals surface area contributed by atoms with E-state index in [9.17, 15) is 9.18 Å². The van der Waals surface area contributed by atoms with Crippen molar-refractivity contribution in [2.45, 2.75) is 25.4 Å². The molecule has 1 aliphatic rings. The third kappa shape index (κ3) is 4.42. The molecular formula is C19H20ClFN2O2. The Kier molecular flexibility index (Phi) is 5.43. The van der Waals surface area contributed by atoms with Gasteiger partial charge in [0.1, 0.15) is 5.82 Å². The molecule has 1 saturated heterocycles. The molecule has 0 atom stereocenters. The van der Waals surface area contributed by atoms with Crippen molar-refractivity contribution in [3.63, 3.8) is 0 Å². The first-order valence-electron chi connectivity index (χ1n) is 8.27. The first kappa shape index (κ1) is 17.5. The molecule has 2 aromatic rings. The first-order chi connectivity index (χ1) is 12.0. The molecule has 4 nitrogen and oxygen atoms in total. The van der Waals surface area contributed by atoms with Crippen molar-refractivity contribution < 1.29 is 14.3 Å². The molecule has 1 heterocycles. The minimum Gasteiger partial charge on any atom is -0.465 e. The summed E-state index contributed by atoms with van der Waals surface area (Å²) in [5.74, 6) is -0.268. The number of anilines is 1. The normalized spacial score (nSPS) is 15.2. The fourth-order valence-electron chi connectivity index (χ4n) is 3.22. The Balaban J connectivity index is 1.80. The molecule has 0 radical (unpaired) electrons. The minimum atomic E-state index is -0.871. The van der Waals surface area contributed by atoms with Crippen LogP contribution in [0, 0.1) is 5.82 Å². The number of piperidine rings is 1. The average Bonchev–Trinajstić information content (AvgIpc) is 2.62. The highest BCUT2D eigenvalue weighted by Gasteiger charge is 2.27. The molecule has 0 aliphatic carbocycles. The first-order valence-corrected chi connectivity index (χ1v) is 8.65. The maximum atomic E-state index is 13.3. The lowest BCUT2D eigenvalue weighted by Crippen LogP contribution is -2.46. The van der Waals surface area contributed by atoms with E-state index in [4.69, 9.17) is 16.7 Å². The Bertz CT molecular complexity index is 713. The van der Waals surface area contributed by atoms with Crippen molar-refractivity contribution in [3.8, 4) is 0 Å². The Morgan fingerprint density at radius 3 is 2.28 bits per heavy atom. The van der Waals surface area contributed by atoms with Gasteiger partial charge in [0.05, 0.1) is 0 Å². The number of benzene rings is 2. The van der Waals surface area contributed by atoms with Crippen LogP contribution in [-0.4, -0.2) is 35.2 Å². The largest absolute Gasteiger partial charge is 0.465 e. The van der Waals surface area contributed by atoms with Crippen molar-refractivity contribution in [1.82, 2.24) is 4.90 Å². The van der Waals surface area contributed by atoms with Gasteiger partial charge in [0.2, 0.25) is 0 Å². The van der Waals surface area contributed by atoms with Gasteiger partial charge in [-0.05, 0) is 54.8 Å². The second kappa shape index (κ2) is 7.74. The molecule has 25 heavy (non-hydrogen) atoms. The van der Waals surface area contributed by atoms with Crippen LogP contribution in [0.2, 0.25) is 5.02 Å². The van der Waals surface area contributed by atoms with Crippen LogP contribution in [0.1, 0.15) is 18.4 Å². The highest BCUT2D eigenvalue weighted by atomic mass is 35.5. The molecule has 1 amide bonds. The van der Waals surface area contributed by atoms with Gasteiger partial charge < -0.3 is 14.9 Å². The third-order valence-electron chi connectivity index (χ3n) is 4.60. The SMILES string of the molecule is O=C(O)N1CCC(N(Cc2ccc(Cl)cc2)c2ccc(F)cc2)CC1. The molecule has 132 valence electrons. The summed E-state index contributed by atoms with van der Waals surface area (Å²) >= 11 is 5.96. The lowest BCUT2D eigenvalue weighted by Gasteiger charge is -2.39. The molecule has 6 heteroatoms. The molecule has 0 spiro atoms. The van der Waals surface area contributed by atoms with E-state index < -0.39 is 6.09 Å². The number of hydrogen-bond donors (Lipinski definition) is 1. The van der Waals surface area contributed by atoms with E-state index in [0.717, 1.165) is 24.1 Å². The zero-order valence-corrected chi connectivity index (χ0v) is 14.5. The van der Waals surface area contributed by atoms with Gasteiger partial charge in [-0.2, -0.15) is 0 Å². The van der Waals surface area contributed by atoms with Crippen molar-refractivity contribution in [3.05, 3.63) is 64.9 Å². The van der Waals surface area contributed by atoms with Gasteiger partial charge in [0.15, 0.2) is 0 Å². The summed E-state index contributed by atoms with van der Waals surface area (Å²) in [5, 5.41) is 9.82. The van der Waals surface area contributed by atoms with Crippen LogP contribution in [0.5, 0.6) is 0 Å². The molecule has 0 unspecified atom stereocenters. The van der Waals surface area contributed by atoms with Crippen LogP contribution >= 0.6 is 11.6 Å². The summed E-state index contributed by atoms with van der Waals surface area (Å²) in [5.41, 5.74) is 2.04. The number of carbonyl (C=O) groups is 1. The van der Waals surface area contributed by atoms with Crippen LogP contribution in [-0.2, 0) is 6.54 Å². The van der Waals surface area contributed by atoms with Crippen molar-refractivity contribution in [2.75, 3.05) is 18.0 Å². The number of nitrogens with zero attached hydrogens (tertiary/aromatic N) is 2. The van der Waals surface area contributed by atoms with Gasteiger partial charge in [-0.1, -0.05) is 23.7 Å². The summed E-state index contributed by atoms with van der Waals surface area (Å²) in [6.45, 7) is 1.69. The van der Waals surface area contributed by atoms with Crippen LogP contribution in [0.15, 0.2) is 48.5 Å². The quantitative estimate of drug-likeness (QED) is 0.862. The topological polar surface area (TPSA) is 43.8 Å². The van der Waals surface area contributed by atoms with Crippen LogP contribution in [0.25, 0.3) is 0 Å². The monoisotopic (exact) mass is 362 g/mol. The highest BCUT2D eigenvalue weighted by molar-refractivity contribution is 6.30. The number of likely N-dealkylation sites (tertiary alicyclic amines) is 1. The van der Waals surface area contributed by atoms with Gasteiger partial charge in [-0.15, -0.1) is 0 Å². The second-order valence-corrected chi connectivity index (χ2v) is 6.67. The second-order valence-electron chi connectivity index (χ2n) is 6.23. The third-order valence-corrected chi connectivity index (χ3v) is 4.85. The smallest absolute Gasteiger partial charge is 0.407 e. The summed E-state index contributed by atoms with van der Waals surface area (Å²) in [6, 6.07) is 14.3. The Morgan fingerprint density at radius 1 is 1.12 bits per heavy atom. The standard InChI is InChI=1S/C19H20ClFN2O2/c20-15-3-1-14(2-4-15)13-23(17-7-5-16(21)6-8-17)18-9-11-22(12-10-18)19(24)25/h1-8,18H,9-13H2,(H,24,25). The predicted octanol–water partition coefficient (Wildman–Crippen LogP) is 4.63. The van der Waals surface area contributed by atoms with E-state index in [2.05, 4.69) is 4.90 Å². The molecule has 0 saturated carbocycles. The molecule has 3 rings (SSSR count). The maximum absolute atomic E-state index is 13.3. The minimum absolute atomic E-state index is 0.205. The van der Waals surface area contributed by atoms with E-state index in [1.165, 1.54) is 17.0 Å². The number of amides is 1. The number of rotatable bonds is 4. The van der Waals surface area contributed by atoms with Crippen molar-refractivity contribution in [2.24, 2.45) is 0 Å². The maximum Gasteiger partial charge on any atom is 0.407 e. The van der Waals surface area contributed by atoms with Crippen molar-refractivity contribution >= 4 is 23.4 Å². The lowest BCUT2D eigenvalue weighted by molar-refractivity contribution is 0.131. The highest BCUT2D eigenvalue weighted by Crippen LogP contribution is 2.26. The van der Waals surface area contributed by atoms with Gasteiger partial charge in [0.25, 0.3) is 0 Å². The fraction of sp³-hybridized carbons (Fsp3) is 0.316. The van der Waals surface area contributed by atoms with E-state index >= 15 is 0 Å². The Labute approximate surface area is 151 Å². The van der Waals surface area contributed by atoms with E-state index in [1.807, 2.05) is 24.3 Å². The van der Waals surface area contributed by atoms with Crippen LogP contribution in [0.3, 0.4) is 0 Å². The molecule has 1 N–H and O–H groups in total. The molecule has 0 aromatic heterocycles. The number of hydrogen-bond acceptors (Lipinski definition) is 2. The fourth-order valence-corrected chi connectivity index (χ4v) is 3.35. The Morgan fingerprint density at radius 2 is 1.72 bits per heavy atom. The summed E-state index contributed by atoms with van der Waals surface area (Å²) in [4.78, 5) is 14.8.